The summed E-state index contributed by atoms with van der Waals surface area (Å²) in [6, 6.07) is 6.48. The number of anilines is 1. The second-order valence-electron chi connectivity index (χ2n) is 2.77. The maximum Gasteiger partial charge on any atom is 0.213 e. The molecule has 0 saturated carbocycles. The third kappa shape index (κ3) is 3.55. The second kappa shape index (κ2) is 4.21. The number of primary sulfonamides is 1. The lowest BCUT2D eigenvalue weighted by molar-refractivity contribution is -0.105. The van der Waals surface area contributed by atoms with E-state index >= 15 is 0 Å². The molecule has 3 N–H and O–H groups in total. The topological polar surface area (TPSA) is 89.3 Å². The molecule has 76 valence electrons. The zero-order chi connectivity index (χ0) is 10.6. The Morgan fingerprint density at radius 3 is 2.71 bits per heavy atom. The molecule has 0 atom stereocenters. The first-order chi connectivity index (χ1) is 6.51. The number of nitrogens with two attached hydrogens (primary N) is 1. The molecular formula is C8H10N2O3S. The van der Waals surface area contributed by atoms with Crippen molar-refractivity contribution in [2.24, 2.45) is 5.14 Å². The molecule has 1 aromatic rings. The Morgan fingerprint density at radius 2 is 2.14 bits per heavy atom. The molecule has 0 aliphatic rings. The van der Waals surface area contributed by atoms with E-state index in [0.29, 0.717) is 17.7 Å². The third-order valence-corrected chi connectivity index (χ3v) is 2.26. The minimum absolute atomic E-state index is 0.235. The lowest BCUT2D eigenvalue weighted by Gasteiger charge is -2.02. The molecule has 0 radical (unpaired) electrons. The summed E-state index contributed by atoms with van der Waals surface area (Å²) in [5, 5.41) is 7.29. The van der Waals surface area contributed by atoms with Crippen LogP contribution < -0.4 is 10.5 Å². The fourth-order valence-electron chi connectivity index (χ4n) is 1.05. The molecule has 1 rings (SSSR count). The number of carbonyl (C=O) groups excluding carboxylic acids is 1. The fraction of sp³-hybridized carbons (Fsp3) is 0.125. The maximum absolute atomic E-state index is 10.8. The number of amides is 1. The molecule has 0 aliphatic heterocycles. The number of hydrogen-bond acceptors (Lipinski definition) is 3. The molecule has 0 aliphatic carbocycles. The molecule has 0 saturated heterocycles. The summed E-state index contributed by atoms with van der Waals surface area (Å²) < 4.78 is 21.5. The van der Waals surface area contributed by atoms with Gasteiger partial charge in [-0.1, -0.05) is 12.1 Å². The SMILES string of the molecule is NS(=O)(=O)Cc1cccc(NC=O)c1. The molecule has 6 heteroatoms. The van der Waals surface area contributed by atoms with Crippen LogP contribution in [0.4, 0.5) is 5.69 Å². The Labute approximate surface area is 82.0 Å². The summed E-state index contributed by atoms with van der Waals surface area (Å²) in [6.45, 7) is 0. The van der Waals surface area contributed by atoms with Crippen LogP contribution in [0.5, 0.6) is 0 Å². The van der Waals surface area contributed by atoms with E-state index in [2.05, 4.69) is 5.32 Å². The van der Waals surface area contributed by atoms with E-state index in [9.17, 15) is 13.2 Å². The van der Waals surface area contributed by atoms with Gasteiger partial charge in [0.05, 0.1) is 5.75 Å². The first-order valence-corrected chi connectivity index (χ1v) is 5.52. The van der Waals surface area contributed by atoms with Gasteiger partial charge in [0.1, 0.15) is 0 Å². The fourth-order valence-corrected chi connectivity index (χ4v) is 1.70. The zero-order valence-corrected chi connectivity index (χ0v) is 8.12. The van der Waals surface area contributed by atoms with E-state index in [1.807, 2.05) is 0 Å². The zero-order valence-electron chi connectivity index (χ0n) is 7.30. The Morgan fingerprint density at radius 1 is 1.43 bits per heavy atom. The summed E-state index contributed by atoms with van der Waals surface area (Å²) in [5.74, 6) is -0.235. The molecular weight excluding hydrogens is 204 g/mol. The average Bonchev–Trinajstić information content (AvgIpc) is 2.02. The lowest BCUT2D eigenvalue weighted by atomic mass is 10.2. The summed E-state index contributed by atoms with van der Waals surface area (Å²) in [5.41, 5.74) is 1.08. The van der Waals surface area contributed by atoms with Crippen LogP contribution in [-0.4, -0.2) is 14.8 Å². The molecule has 1 amide bonds. The van der Waals surface area contributed by atoms with Crippen molar-refractivity contribution in [3.05, 3.63) is 29.8 Å². The number of sulfonamides is 1. The van der Waals surface area contributed by atoms with Crippen LogP contribution in [0.25, 0.3) is 0 Å². The molecule has 1 aromatic carbocycles. The monoisotopic (exact) mass is 214 g/mol. The molecule has 0 spiro atoms. The van der Waals surface area contributed by atoms with Gasteiger partial charge in [-0.2, -0.15) is 0 Å². The Balaban J connectivity index is 2.88. The van der Waals surface area contributed by atoms with Crippen LogP contribution in [0.2, 0.25) is 0 Å². The number of rotatable bonds is 4. The van der Waals surface area contributed by atoms with Crippen molar-refractivity contribution in [3.63, 3.8) is 0 Å². The van der Waals surface area contributed by atoms with Gasteiger partial charge in [0.25, 0.3) is 0 Å². The van der Waals surface area contributed by atoms with Crippen molar-refractivity contribution in [2.75, 3.05) is 5.32 Å². The van der Waals surface area contributed by atoms with Crippen LogP contribution in [0, 0.1) is 0 Å². The van der Waals surface area contributed by atoms with Gasteiger partial charge in [0.2, 0.25) is 16.4 Å². The van der Waals surface area contributed by atoms with Crippen molar-refractivity contribution in [1.82, 2.24) is 0 Å². The van der Waals surface area contributed by atoms with Gasteiger partial charge >= 0.3 is 0 Å². The van der Waals surface area contributed by atoms with E-state index in [0.717, 1.165) is 0 Å². The van der Waals surface area contributed by atoms with Crippen LogP contribution in [0.15, 0.2) is 24.3 Å². The van der Waals surface area contributed by atoms with Gasteiger partial charge in [-0.05, 0) is 17.7 Å². The number of hydrogen-bond donors (Lipinski definition) is 2. The highest BCUT2D eigenvalue weighted by molar-refractivity contribution is 7.88. The summed E-state index contributed by atoms with van der Waals surface area (Å²) in [6.07, 6.45) is 0.524. The van der Waals surface area contributed by atoms with E-state index in [-0.39, 0.29) is 5.75 Å². The smallest absolute Gasteiger partial charge is 0.213 e. The lowest BCUT2D eigenvalue weighted by Crippen LogP contribution is -2.14. The normalized spacial score (nSPS) is 10.9. The molecule has 14 heavy (non-hydrogen) atoms. The first-order valence-electron chi connectivity index (χ1n) is 3.81. The quantitative estimate of drug-likeness (QED) is 0.693. The largest absolute Gasteiger partial charge is 0.329 e. The number of nitrogens with one attached hydrogen (secondary N) is 1. The average molecular weight is 214 g/mol. The van der Waals surface area contributed by atoms with Gasteiger partial charge < -0.3 is 5.32 Å². The molecule has 5 nitrogen and oxygen atoms in total. The summed E-state index contributed by atoms with van der Waals surface area (Å²) in [4.78, 5) is 10.1. The van der Waals surface area contributed by atoms with E-state index < -0.39 is 10.0 Å². The van der Waals surface area contributed by atoms with Gasteiger partial charge in [-0.3, -0.25) is 4.79 Å². The highest BCUT2D eigenvalue weighted by Crippen LogP contribution is 2.11. The summed E-state index contributed by atoms with van der Waals surface area (Å²) >= 11 is 0. The predicted molar refractivity (Wildman–Crippen MR) is 52.9 cm³/mol. The Kier molecular flexibility index (Phi) is 3.21. The van der Waals surface area contributed by atoms with Crippen molar-refractivity contribution < 1.29 is 13.2 Å². The molecule has 0 bridgehead atoms. The highest BCUT2D eigenvalue weighted by atomic mass is 32.2. The predicted octanol–water partition coefficient (Wildman–Crippen LogP) is 0.0434. The van der Waals surface area contributed by atoms with E-state index in [1.165, 1.54) is 0 Å². The van der Waals surface area contributed by atoms with Crippen molar-refractivity contribution in [2.45, 2.75) is 5.75 Å². The Bertz CT molecular complexity index is 428. The number of carbonyl (C=O) groups is 1. The molecule has 0 unspecified atom stereocenters. The van der Waals surface area contributed by atoms with E-state index in [1.54, 1.807) is 24.3 Å². The Hall–Kier alpha value is -1.40. The minimum Gasteiger partial charge on any atom is -0.329 e. The maximum atomic E-state index is 10.8. The van der Waals surface area contributed by atoms with Crippen LogP contribution >= 0.6 is 0 Å². The van der Waals surface area contributed by atoms with Crippen molar-refractivity contribution in [3.8, 4) is 0 Å². The van der Waals surface area contributed by atoms with Gasteiger partial charge in [0, 0.05) is 5.69 Å². The highest BCUT2D eigenvalue weighted by Gasteiger charge is 2.04. The van der Waals surface area contributed by atoms with Gasteiger partial charge in [-0.15, -0.1) is 0 Å². The van der Waals surface area contributed by atoms with Crippen LogP contribution in [0.3, 0.4) is 0 Å². The van der Waals surface area contributed by atoms with Crippen molar-refractivity contribution >= 4 is 22.1 Å². The number of benzene rings is 1. The van der Waals surface area contributed by atoms with Crippen LogP contribution in [-0.2, 0) is 20.6 Å². The molecule has 0 aromatic heterocycles. The molecule has 0 heterocycles. The van der Waals surface area contributed by atoms with E-state index in [4.69, 9.17) is 5.14 Å². The van der Waals surface area contributed by atoms with Gasteiger partial charge in [0.15, 0.2) is 0 Å². The van der Waals surface area contributed by atoms with Gasteiger partial charge in [-0.25, -0.2) is 13.6 Å². The summed E-state index contributed by atoms with van der Waals surface area (Å²) in [7, 11) is -3.52. The second-order valence-corrected chi connectivity index (χ2v) is 4.38. The third-order valence-electron chi connectivity index (χ3n) is 1.52. The van der Waals surface area contributed by atoms with Crippen molar-refractivity contribution in [1.29, 1.82) is 0 Å². The standard InChI is InChI=1S/C8H10N2O3S/c9-14(12,13)5-7-2-1-3-8(4-7)10-6-11/h1-4,6H,5H2,(H,10,11)(H2,9,12,13). The minimum atomic E-state index is -3.52. The first kappa shape index (κ1) is 10.7. The van der Waals surface area contributed by atoms with Crippen LogP contribution in [0.1, 0.15) is 5.56 Å². The molecule has 0 fully saturated rings.